The van der Waals surface area contributed by atoms with Crippen molar-refractivity contribution < 1.29 is 19.8 Å². The van der Waals surface area contributed by atoms with Crippen LogP contribution in [0.25, 0.3) is 0 Å². The molecule has 1 fully saturated rings. The SMILES string of the molecule is C[C@H](CC[C@]1(C)[C@H]2CCC=C(C(=O)O)[C@]2(C)CC[C@@H]1C)CC(=O)O. The van der Waals surface area contributed by atoms with Crippen molar-refractivity contribution in [1.29, 1.82) is 0 Å². The van der Waals surface area contributed by atoms with Crippen molar-refractivity contribution in [2.45, 2.75) is 72.6 Å². The van der Waals surface area contributed by atoms with Gasteiger partial charge in [0, 0.05) is 17.4 Å². The van der Waals surface area contributed by atoms with Gasteiger partial charge in [-0.25, -0.2) is 4.79 Å². The second kappa shape index (κ2) is 6.89. The maximum Gasteiger partial charge on any atom is 0.331 e. The molecule has 0 bridgehead atoms. The van der Waals surface area contributed by atoms with Gasteiger partial charge in [0.2, 0.25) is 0 Å². The molecule has 0 spiro atoms. The van der Waals surface area contributed by atoms with Gasteiger partial charge >= 0.3 is 11.9 Å². The monoisotopic (exact) mass is 336 g/mol. The molecule has 4 nitrogen and oxygen atoms in total. The van der Waals surface area contributed by atoms with Gasteiger partial charge in [0.25, 0.3) is 0 Å². The van der Waals surface area contributed by atoms with Crippen molar-refractivity contribution in [2.24, 2.45) is 28.6 Å². The van der Waals surface area contributed by atoms with Crippen LogP contribution in [0.2, 0.25) is 0 Å². The van der Waals surface area contributed by atoms with Crippen LogP contribution in [0.1, 0.15) is 72.6 Å². The summed E-state index contributed by atoms with van der Waals surface area (Å²) in [6.07, 6.45) is 7.89. The minimum atomic E-state index is -0.765. The first-order valence-electron chi connectivity index (χ1n) is 9.27. The van der Waals surface area contributed by atoms with Crippen molar-refractivity contribution in [3.8, 4) is 0 Å². The van der Waals surface area contributed by atoms with E-state index in [1.807, 2.05) is 13.0 Å². The molecule has 2 rings (SSSR count). The van der Waals surface area contributed by atoms with Crippen molar-refractivity contribution in [3.63, 3.8) is 0 Å². The zero-order valence-electron chi connectivity index (χ0n) is 15.5. The lowest BCUT2D eigenvalue weighted by molar-refractivity contribution is -0.139. The summed E-state index contributed by atoms with van der Waals surface area (Å²) in [7, 11) is 0. The number of carboxylic acids is 2. The van der Waals surface area contributed by atoms with Crippen LogP contribution >= 0.6 is 0 Å². The Morgan fingerprint density at radius 2 is 1.96 bits per heavy atom. The highest BCUT2D eigenvalue weighted by molar-refractivity contribution is 5.88. The summed E-state index contributed by atoms with van der Waals surface area (Å²) in [5.74, 6) is -0.429. The Bertz CT molecular complexity index is 538. The van der Waals surface area contributed by atoms with Crippen molar-refractivity contribution in [3.05, 3.63) is 11.6 Å². The number of aliphatic carboxylic acids is 2. The van der Waals surface area contributed by atoms with Crippen LogP contribution in [0.4, 0.5) is 0 Å². The van der Waals surface area contributed by atoms with Gasteiger partial charge in [0.15, 0.2) is 0 Å². The van der Waals surface area contributed by atoms with Crippen molar-refractivity contribution in [2.75, 3.05) is 0 Å². The predicted octanol–water partition coefficient (Wildman–Crippen LogP) is 4.74. The Morgan fingerprint density at radius 1 is 1.29 bits per heavy atom. The maximum atomic E-state index is 11.8. The lowest BCUT2D eigenvalue weighted by Gasteiger charge is -2.57. The molecule has 5 atom stereocenters. The van der Waals surface area contributed by atoms with E-state index in [0.717, 1.165) is 38.5 Å². The largest absolute Gasteiger partial charge is 0.481 e. The van der Waals surface area contributed by atoms with Gasteiger partial charge in [0.05, 0.1) is 0 Å². The Morgan fingerprint density at radius 3 is 2.54 bits per heavy atom. The van der Waals surface area contributed by atoms with Crippen LogP contribution in [0.5, 0.6) is 0 Å². The number of allylic oxidation sites excluding steroid dienone is 1. The molecular formula is C20H32O4. The third-order valence-electron chi connectivity index (χ3n) is 7.14. The molecule has 0 aromatic carbocycles. The Labute approximate surface area is 145 Å². The van der Waals surface area contributed by atoms with Crippen LogP contribution in [-0.2, 0) is 9.59 Å². The molecule has 2 aliphatic rings. The van der Waals surface area contributed by atoms with Crippen LogP contribution in [-0.4, -0.2) is 22.2 Å². The maximum absolute atomic E-state index is 11.8. The minimum absolute atomic E-state index is 0.0781. The van der Waals surface area contributed by atoms with E-state index in [2.05, 4.69) is 20.8 Å². The molecule has 2 aliphatic carbocycles. The smallest absolute Gasteiger partial charge is 0.331 e. The fourth-order valence-corrected chi connectivity index (χ4v) is 5.40. The Balaban J connectivity index is 2.23. The first kappa shape index (κ1) is 19.0. The molecule has 0 heterocycles. The first-order valence-corrected chi connectivity index (χ1v) is 9.27. The number of carbonyl (C=O) groups is 2. The highest BCUT2D eigenvalue weighted by Gasteiger charge is 2.55. The summed E-state index contributed by atoms with van der Waals surface area (Å²) in [4.78, 5) is 22.7. The van der Waals surface area contributed by atoms with Crippen LogP contribution in [0, 0.1) is 28.6 Å². The van der Waals surface area contributed by atoms with Crippen LogP contribution in [0.15, 0.2) is 11.6 Å². The Hall–Kier alpha value is -1.32. The normalized spacial score (nSPS) is 37.2. The van der Waals surface area contributed by atoms with E-state index in [1.165, 1.54) is 0 Å². The van der Waals surface area contributed by atoms with Gasteiger partial charge < -0.3 is 10.2 Å². The molecule has 0 saturated heterocycles. The van der Waals surface area contributed by atoms with Gasteiger partial charge in [-0.3, -0.25) is 4.79 Å². The zero-order valence-corrected chi connectivity index (χ0v) is 15.5. The van der Waals surface area contributed by atoms with Crippen LogP contribution in [0.3, 0.4) is 0 Å². The fraction of sp³-hybridized carbons (Fsp3) is 0.800. The van der Waals surface area contributed by atoms with Crippen molar-refractivity contribution in [1.82, 2.24) is 0 Å². The molecule has 2 N–H and O–H groups in total. The lowest BCUT2D eigenvalue weighted by Crippen LogP contribution is -2.51. The number of carboxylic acid groups (broad SMARTS) is 2. The summed E-state index contributed by atoms with van der Waals surface area (Å²) in [5.41, 5.74) is 0.436. The summed E-state index contributed by atoms with van der Waals surface area (Å²) >= 11 is 0. The first-order chi connectivity index (χ1) is 11.1. The molecule has 4 heteroatoms. The number of hydrogen-bond acceptors (Lipinski definition) is 2. The fourth-order valence-electron chi connectivity index (χ4n) is 5.40. The van der Waals surface area contributed by atoms with E-state index in [4.69, 9.17) is 5.11 Å². The van der Waals surface area contributed by atoms with E-state index in [0.29, 0.717) is 17.4 Å². The van der Waals surface area contributed by atoms with E-state index < -0.39 is 11.9 Å². The van der Waals surface area contributed by atoms with Crippen LogP contribution < -0.4 is 0 Å². The summed E-state index contributed by atoms with van der Waals surface area (Å²) in [5, 5.41) is 18.7. The summed E-state index contributed by atoms with van der Waals surface area (Å²) in [6, 6.07) is 0. The third-order valence-corrected chi connectivity index (χ3v) is 7.14. The molecule has 0 aromatic rings. The average Bonchev–Trinajstić information content (AvgIpc) is 2.48. The zero-order chi connectivity index (χ0) is 18.1. The number of rotatable bonds is 6. The van der Waals surface area contributed by atoms with Gasteiger partial charge in [-0.15, -0.1) is 0 Å². The second-order valence-electron chi connectivity index (χ2n) is 8.66. The van der Waals surface area contributed by atoms with E-state index in [1.54, 1.807) is 0 Å². The topological polar surface area (TPSA) is 74.6 Å². The average molecular weight is 336 g/mol. The molecule has 0 aliphatic heterocycles. The molecule has 0 aromatic heterocycles. The highest BCUT2D eigenvalue weighted by Crippen LogP contribution is 2.62. The summed E-state index contributed by atoms with van der Waals surface area (Å²) < 4.78 is 0. The van der Waals surface area contributed by atoms with E-state index in [-0.39, 0.29) is 23.2 Å². The Kier molecular flexibility index (Phi) is 5.46. The van der Waals surface area contributed by atoms with E-state index in [9.17, 15) is 14.7 Å². The highest BCUT2D eigenvalue weighted by atomic mass is 16.4. The quantitative estimate of drug-likeness (QED) is 0.734. The predicted molar refractivity (Wildman–Crippen MR) is 93.7 cm³/mol. The van der Waals surface area contributed by atoms with E-state index >= 15 is 0 Å². The molecular weight excluding hydrogens is 304 g/mol. The molecule has 1 saturated carbocycles. The van der Waals surface area contributed by atoms with Gasteiger partial charge in [-0.05, 0) is 61.7 Å². The molecule has 136 valence electrons. The number of fused-ring (bicyclic) bond motifs is 1. The van der Waals surface area contributed by atoms with Crippen molar-refractivity contribution >= 4 is 11.9 Å². The molecule has 0 amide bonds. The van der Waals surface area contributed by atoms with Gasteiger partial charge in [-0.1, -0.05) is 33.8 Å². The van der Waals surface area contributed by atoms with Gasteiger partial charge in [0.1, 0.15) is 0 Å². The molecule has 24 heavy (non-hydrogen) atoms. The molecule has 0 radical (unpaired) electrons. The lowest BCUT2D eigenvalue weighted by atomic mass is 9.46. The summed E-state index contributed by atoms with van der Waals surface area (Å²) in [6.45, 7) is 8.76. The minimum Gasteiger partial charge on any atom is -0.481 e. The molecule has 0 unspecified atom stereocenters. The standard InChI is InChI=1S/C20H32O4/c1-13(12-17(21)22)8-10-19(3)14(2)9-11-20(4)15(18(23)24)6-5-7-16(19)20/h6,13-14,16H,5,7-12H2,1-4H3,(H,21,22)(H,23,24)/t13-,14+,16-,19+,20+/m1/s1. The third kappa shape index (κ3) is 3.38. The number of hydrogen-bond donors (Lipinski definition) is 2. The van der Waals surface area contributed by atoms with Gasteiger partial charge in [-0.2, -0.15) is 0 Å². The second-order valence-corrected chi connectivity index (χ2v) is 8.66.